The molecule has 3 rings (SSSR count). The molecule has 3 aromatic rings. The third kappa shape index (κ3) is 4.16. The van der Waals surface area contributed by atoms with E-state index in [-0.39, 0.29) is 11.7 Å². The van der Waals surface area contributed by atoms with Crippen molar-refractivity contribution >= 4 is 33.7 Å². The summed E-state index contributed by atoms with van der Waals surface area (Å²) in [5, 5.41) is 6.63. The summed E-state index contributed by atoms with van der Waals surface area (Å²) in [5.74, 6) is -0.0604. The first-order valence-corrected chi connectivity index (χ1v) is 8.29. The molecule has 0 aliphatic heterocycles. The highest BCUT2D eigenvalue weighted by atomic mass is 79.9. The molecule has 0 aliphatic carbocycles. The maximum absolute atomic E-state index is 12.3. The molecule has 5 nitrogen and oxygen atoms in total. The van der Waals surface area contributed by atoms with E-state index in [1.807, 2.05) is 48.5 Å². The summed E-state index contributed by atoms with van der Waals surface area (Å²) in [5.41, 5.74) is 3.52. The summed E-state index contributed by atoms with van der Waals surface area (Å²) in [6, 6.07) is 18.7. The number of halogens is 1. The van der Waals surface area contributed by atoms with Crippen molar-refractivity contribution in [2.24, 2.45) is 5.16 Å². The number of oxime groups is 1. The Bertz CT molecular complexity index is 901. The lowest BCUT2D eigenvalue weighted by molar-refractivity contribution is 0.0995. The number of anilines is 1. The zero-order valence-electron chi connectivity index (χ0n) is 13.4. The van der Waals surface area contributed by atoms with Gasteiger partial charge in [0.2, 0.25) is 0 Å². The van der Waals surface area contributed by atoms with Gasteiger partial charge in [-0.2, -0.15) is 0 Å². The van der Waals surface area contributed by atoms with Gasteiger partial charge in [-0.25, -0.2) is 0 Å². The van der Waals surface area contributed by atoms with Crippen molar-refractivity contribution in [3.8, 4) is 11.1 Å². The van der Waals surface area contributed by atoms with Crippen molar-refractivity contribution in [3.05, 3.63) is 76.7 Å². The van der Waals surface area contributed by atoms with Crippen LogP contribution < -0.4 is 5.32 Å². The Morgan fingerprint density at radius 1 is 1.12 bits per heavy atom. The average Bonchev–Trinajstić information content (AvgIpc) is 3.07. The molecule has 0 saturated heterocycles. The van der Waals surface area contributed by atoms with Gasteiger partial charge in [0.25, 0.3) is 5.91 Å². The first-order chi connectivity index (χ1) is 12.2. The number of hydrogen-bond donors (Lipinski definition) is 1. The number of nitrogens with one attached hydrogen (secondary N) is 1. The Morgan fingerprint density at radius 3 is 2.56 bits per heavy atom. The van der Waals surface area contributed by atoms with Crippen molar-refractivity contribution in [2.45, 2.75) is 0 Å². The zero-order chi connectivity index (χ0) is 17.6. The number of carbonyl (C=O) groups excluding carboxylic acids is 1. The maximum Gasteiger partial charge on any atom is 0.291 e. The summed E-state index contributed by atoms with van der Waals surface area (Å²) >= 11 is 3.20. The molecule has 1 amide bonds. The van der Waals surface area contributed by atoms with Crippen molar-refractivity contribution in [2.75, 3.05) is 12.4 Å². The second kappa shape index (κ2) is 7.81. The Kier molecular flexibility index (Phi) is 5.30. The Balaban J connectivity index is 1.85. The lowest BCUT2D eigenvalue weighted by atomic mass is 10.0. The number of hydrogen-bond acceptors (Lipinski definition) is 4. The van der Waals surface area contributed by atoms with Gasteiger partial charge >= 0.3 is 0 Å². The summed E-state index contributed by atoms with van der Waals surface area (Å²) in [6.07, 6.45) is 1.63. The fraction of sp³-hybridized carbons (Fsp3) is 0.0526. The molecular weight excluding hydrogens is 384 g/mol. The fourth-order valence-electron chi connectivity index (χ4n) is 2.33. The van der Waals surface area contributed by atoms with Gasteiger partial charge in [0.1, 0.15) is 7.11 Å². The summed E-state index contributed by atoms with van der Waals surface area (Å²) < 4.78 is 5.81. The Labute approximate surface area is 153 Å². The molecule has 0 unspecified atom stereocenters. The van der Waals surface area contributed by atoms with Crippen LogP contribution >= 0.6 is 15.9 Å². The van der Waals surface area contributed by atoms with Gasteiger partial charge < -0.3 is 14.6 Å². The molecule has 0 spiro atoms. The smallest absolute Gasteiger partial charge is 0.291 e. The fourth-order valence-corrected chi connectivity index (χ4v) is 2.63. The van der Waals surface area contributed by atoms with Gasteiger partial charge in [-0.15, -0.1) is 0 Å². The SMILES string of the molecule is CO/N=C/c1ccc(-c2ccccc2NC(=O)c2ccc(Br)o2)cc1. The summed E-state index contributed by atoms with van der Waals surface area (Å²) in [6.45, 7) is 0. The van der Waals surface area contributed by atoms with E-state index in [4.69, 9.17) is 4.42 Å². The first kappa shape index (κ1) is 17.0. The molecule has 0 atom stereocenters. The van der Waals surface area contributed by atoms with Crippen LogP contribution in [0.5, 0.6) is 0 Å². The minimum absolute atomic E-state index is 0.243. The summed E-state index contributed by atoms with van der Waals surface area (Å²) in [7, 11) is 1.50. The van der Waals surface area contributed by atoms with Gasteiger partial charge in [-0.05, 0) is 45.3 Å². The van der Waals surface area contributed by atoms with Crippen LogP contribution in [0.1, 0.15) is 16.1 Å². The molecule has 0 radical (unpaired) electrons. The van der Waals surface area contributed by atoms with Gasteiger partial charge in [0, 0.05) is 11.3 Å². The average molecular weight is 399 g/mol. The van der Waals surface area contributed by atoms with Gasteiger partial charge in [-0.1, -0.05) is 47.6 Å². The van der Waals surface area contributed by atoms with Gasteiger partial charge in [-0.3, -0.25) is 4.79 Å². The predicted octanol–water partition coefficient (Wildman–Crippen LogP) is 4.94. The number of rotatable bonds is 5. The molecule has 0 aliphatic rings. The van der Waals surface area contributed by atoms with E-state index in [0.29, 0.717) is 10.4 Å². The normalized spacial score (nSPS) is 10.8. The number of amides is 1. The van der Waals surface area contributed by atoms with Crippen LogP contribution in [0.15, 0.2) is 74.9 Å². The van der Waals surface area contributed by atoms with Gasteiger partial charge in [0.15, 0.2) is 10.4 Å². The topological polar surface area (TPSA) is 63.8 Å². The Hall–Kier alpha value is -2.86. The Morgan fingerprint density at radius 2 is 1.88 bits per heavy atom. The maximum atomic E-state index is 12.3. The quantitative estimate of drug-likeness (QED) is 0.488. The van der Waals surface area contributed by atoms with Crippen molar-refractivity contribution < 1.29 is 14.0 Å². The molecule has 1 N–H and O–H groups in total. The van der Waals surface area contributed by atoms with Crippen LogP contribution in [0.4, 0.5) is 5.69 Å². The zero-order valence-corrected chi connectivity index (χ0v) is 15.0. The highest BCUT2D eigenvalue weighted by Crippen LogP contribution is 2.28. The lowest BCUT2D eigenvalue weighted by Gasteiger charge is -2.10. The second-order valence-corrected chi connectivity index (χ2v) is 5.92. The van der Waals surface area contributed by atoms with E-state index in [1.165, 1.54) is 7.11 Å². The van der Waals surface area contributed by atoms with E-state index in [2.05, 4.69) is 31.2 Å². The van der Waals surface area contributed by atoms with Crippen LogP contribution in [-0.4, -0.2) is 19.2 Å². The summed E-state index contributed by atoms with van der Waals surface area (Å²) in [4.78, 5) is 17.0. The van der Waals surface area contributed by atoms with E-state index in [1.54, 1.807) is 18.3 Å². The number of benzene rings is 2. The molecule has 2 aromatic carbocycles. The number of para-hydroxylation sites is 1. The van der Waals surface area contributed by atoms with Crippen molar-refractivity contribution in [3.63, 3.8) is 0 Å². The molecule has 6 heteroatoms. The minimum atomic E-state index is -0.304. The minimum Gasteiger partial charge on any atom is -0.444 e. The van der Waals surface area contributed by atoms with Crippen LogP contribution in [0.2, 0.25) is 0 Å². The van der Waals surface area contributed by atoms with E-state index in [9.17, 15) is 4.79 Å². The van der Waals surface area contributed by atoms with E-state index >= 15 is 0 Å². The van der Waals surface area contributed by atoms with E-state index in [0.717, 1.165) is 16.7 Å². The molecule has 0 bridgehead atoms. The van der Waals surface area contributed by atoms with Crippen LogP contribution in [0, 0.1) is 0 Å². The molecule has 1 aromatic heterocycles. The second-order valence-electron chi connectivity index (χ2n) is 5.14. The van der Waals surface area contributed by atoms with Crippen LogP contribution in [0.25, 0.3) is 11.1 Å². The van der Waals surface area contributed by atoms with Gasteiger partial charge in [0.05, 0.1) is 6.21 Å². The predicted molar refractivity (Wildman–Crippen MR) is 101 cm³/mol. The van der Waals surface area contributed by atoms with E-state index < -0.39 is 0 Å². The monoisotopic (exact) mass is 398 g/mol. The van der Waals surface area contributed by atoms with Crippen molar-refractivity contribution in [1.29, 1.82) is 0 Å². The highest BCUT2D eigenvalue weighted by molar-refractivity contribution is 9.10. The molecular formula is C19H15BrN2O3. The first-order valence-electron chi connectivity index (χ1n) is 7.50. The third-order valence-electron chi connectivity index (χ3n) is 3.50. The molecule has 0 fully saturated rings. The third-order valence-corrected chi connectivity index (χ3v) is 3.93. The standard InChI is InChI=1S/C19H15BrN2O3/c1-24-21-12-13-6-8-14(9-7-13)15-4-2-3-5-16(15)22-19(23)17-10-11-18(20)25-17/h2-12H,1H3,(H,22,23)/b21-12+. The molecule has 1 heterocycles. The lowest BCUT2D eigenvalue weighted by Crippen LogP contribution is -2.11. The van der Waals surface area contributed by atoms with Crippen molar-refractivity contribution in [1.82, 2.24) is 0 Å². The molecule has 25 heavy (non-hydrogen) atoms. The van der Waals surface area contributed by atoms with Crippen LogP contribution in [-0.2, 0) is 4.84 Å². The highest BCUT2D eigenvalue weighted by Gasteiger charge is 2.13. The number of nitrogens with zero attached hydrogens (tertiary/aromatic N) is 1. The molecule has 126 valence electrons. The largest absolute Gasteiger partial charge is 0.444 e. The number of carbonyl (C=O) groups is 1. The molecule has 0 saturated carbocycles. The number of furan rings is 1. The van der Waals surface area contributed by atoms with Crippen LogP contribution in [0.3, 0.4) is 0 Å².